The monoisotopic (exact) mass is 263 g/mol. The van der Waals surface area contributed by atoms with E-state index >= 15 is 0 Å². The van der Waals surface area contributed by atoms with Crippen molar-refractivity contribution in [3.8, 4) is 0 Å². The molecule has 2 atom stereocenters. The Balaban J connectivity index is 1.91. The molecule has 2 heteroatoms. The number of rotatable bonds is 4. The van der Waals surface area contributed by atoms with E-state index in [1.165, 1.54) is 24.0 Å². The summed E-state index contributed by atoms with van der Waals surface area (Å²) in [4.78, 5) is 0. The normalized spacial score (nSPS) is 23.2. The third-order valence-corrected chi connectivity index (χ3v) is 4.26. The summed E-state index contributed by atoms with van der Waals surface area (Å²) in [6, 6.07) is 5.16. The maximum absolute atomic E-state index is 13.3. The third kappa shape index (κ3) is 4.04. The van der Waals surface area contributed by atoms with Crippen molar-refractivity contribution in [2.45, 2.75) is 52.5 Å². The molecule has 19 heavy (non-hydrogen) atoms. The van der Waals surface area contributed by atoms with E-state index in [-0.39, 0.29) is 11.4 Å². The van der Waals surface area contributed by atoms with Gasteiger partial charge in [0.2, 0.25) is 0 Å². The van der Waals surface area contributed by atoms with Crippen molar-refractivity contribution < 1.29 is 4.39 Å². The molecule has 0 saturated heterocycles. The van der Waals surface area contributed by atoms with Gasteiger partial charge in [-0.25, -0.2) is 4.39 Å². The van der Waals surface area contributed by atoms with Crippen molar-refractivity contribution in [2.24, 2.45) is 11.8 Å². The highest BCUT2D eigenvalue weighted by molar-refractivity contribution is 5.27. The van der Waals surface area contributed by atoms with Gasteiger partial charge in [-0.15, -0.1) is 0 Å². The van der Waals surface area contributed by atoms with Crippen molar-refractivity contribution in [1.29, 1.82) is 0 Å². The van der Waals surface area contributed by atoms with Gasteiger partial charge < -0.3 is 5.32 Å². The molecule has 1 aliphatic carbocycles. The van der Waals surface area contributed by atoms with Crippen LogP contribution in [0.3, 0.4) is 0 Å². The smallest absolute Gasteiger partial charge is 0.123 e. The van der Waals surface area contributed by atoms with E-state index in [0.29, 0.717) is 0 Å². The second-order valence-corrected chi connectivity index (χ2v) is 7.00. The molecule has 1 N–H and O–H groups in total. The van der Waals surface area contributed by atoms with Crippen LogP contribution in [0.1, 0.15) is 44.7 Å². The molecule has 2 unspecified atom stereocenters. The summed E-state index contributed by atoms with van der Waals surface area (Å²) in [6.45, 7) is 9.78. The maximum atomic E-state index is 13.3. The van der Waals surface area contributed by atoms with Crippen molar-refractivity contribution >= 4 is 0 Å². The van der Waals surface area contributed by atoms with Gasteiger partial charge in [0.05, 0.1) is 0 Å². The van der Waals surface area contributed by atoms with Gasteiger partial charge in [-0.2, -0.15) is 0 Å². The van der Waals surface area contributed by atoms with E-state index in [9.17, 15) is 4.39 Å². The lowest BCUT2D eigenvalue weighted by molar-refractivity contribution is 0.159. The third-order valence-electron chi connectivity index (χ3n) is 4.26. The summed E-state index contributed by atoms with van der Waals surface area (Å²) < 4.78 is 13.3. The molecule has 0 bridgehead atoms. The Labute approximate surface area is 116 Å². The number of hydrogen-bond donors (Lipinski definition) is 1. The minimum atomic E-state index is -0.107. The van der Waals surface area contributed by atoms with Crippen LogP contribution in [-0.2, 0) is 6.42 Å². The fourth-order valence-corrected chi connectivity index (χ4v) is 2.76. The van der Waals surface area contributed by atoms with E-state index < -0.39 is 0 Å². The first-order valence-electron chi connectivity index (χ1n) is 7.35. The zero-order valence-corrected chi connectivity index (χ0v) is 12.6. The van der Waals surface area contributed by atoms with Gasteiger partial charge in [-0.05, 0) is 88.6 Å². The zero-order chi connectivity index (χ0) is 14.0. The summed E-state index contributed by atoms with van der Waals surface area (Å²) in [5, 5.41) is 3.59. The summed E-state index contributed by atoms with van der Waals surface area (Å²) in [7, 11) is 0. The lowest BCUT2D eigenvalue weighted by atomic mass is 9.70. The molecule has 0 aromatic heterocycles. The quantitative estimate of drug-likeness (QED) is 0.862. The first-order valence-corrected chi connectivity index (χ1v) is 7.35. The molecule has 0 amide bonds. The van der Waals surface area contributed by atoms with Crippen LogP contribution in [0, 0.1) is 24.6 Å². The van der Waals surface area contributed by atoms with E-state index in [0.717, 1.165) is 24.8 Å². The van der Waals surface area contributed by atoms with Crippen molar-refractivity contribution in [3.05, 3.63) is 35.1 Å². The molecule has 2 rings (SSSR count). The Morgan fingerprint density at radius 2 is 1.89 bits per heavy atom. The molecule has 1 saturated carbocycles. The molecule has 1 fully saturated rings. The Morgan fingerprint density at radius 3 is 2.47 bits per heavy atom. The molecule has 0 aliphatic heterocycles. The van der Waals surface area contributed by atoms with Crippen LogP contribution < -0.4 is 5.32 Å². The average molecular weight is 263 g/mol. The van der Waals surface area contributed by atoms with Gasteiger partial charge in [0.15, 0.2) is 0 Å². The lowest BCUT2D eigenvalue weighted by Crippen LogP contribution is -2.44. The van der Waals surface area contributed by atoms with Crippen LogP contribution >= 0.6 is 0 Å². The molecular weight excluding hydrogens is 237 g/mol. The number of hydrogen-bond acceptors (Lipinski definition) is 1. The fraction of sp³-hybridized carbons (Fsp3) is 0.647. The molecule has 1 aromatic rings. The Bertz CT molecular complexity index is 433. The average Bonchev–Trinajstić information content (AvgIpc) is 2.27. The summed E-state index contributed by atoms with van der Waals surface area (Å²) >= 11 is 0. The molecule has 0 heterocycles. The van der Waals surface area contributed by atoms with Gasteiger partial charge in [0.1, 0.15) is 5.82 Å². The first kappa shape index (κ1) is 14.5. The highest BCUT2D eigenvalue weighted by Crippen LogP contribution is 2.37. The summed E-state index contributed by atoms with van der Waals surface area (Å²) in [5.41, 5.74) is 2.59. The SMILES string of the molecule is Cc1ccc(F)cc1CC1CCC1CNC(C)(C)C. The Kier molecular flexibility index (Phi) is 4.29. The molecule has 1 aliphatic rings. The van der Waals surface area contributed by atoms with Gasteiger partial charge in [-0.1, -0.05) is 6.07 Å². The van der Waals surface area contributed by atoms with Gasteiger partial charge in [-0.3, -0.25) is 0 Å². The van der Waals surface area contributed by atoms with Gasteiger partial charge >= 0.3 is 0 Å². The van der Waals surface area contributed by atoms with Crippen LogP contribution in [0.4, 0.5) is 4.39 Å². The molecular formula is C17H26FN. The largest absolute Gasteiger partial charge is 0.312 e. The highest BCUT2D eigenvalue weighted by atomic mass is 19.1. The number of nitrogens with one attached hydrogen (secondary N) is 1. The van der Waals surface area contributed by atoms with E-state index in [1.54, 1.807) is 12.1 Å². The van der Waals surface area contributed by atoms with E-state index in [1.807, 2.05) is 6.07 Å². The van der Waals surface area contributed by atoms with Gasteiger partial charge in [0, 0.05) is 5.54 Å². The highest BCUT2D eigenvalue weighted by Gasteiger charge is 2.31. The lowest BCUT2D eigenvalue weighted by Gasteiger charge is -2.39. The van der Waals surface area contributed by atoms with Gasteiger partial charge in [0.25, 0.3) is 0 Å². The Hall–Kier alpha value is -0.890. The molecule has 0 radical (unpaired) electrons. The topological polar surface area (TPSA) is 12.0 Å². The summed E-state index contributed by atoms with van der Waals surface area (Å²) in [5.74, 6) is 1.36. The predicted molar refractivity (Wildman–Crippen MR) is 78.8 cm³/mol. The standard InChI is InChI=1S/C17H26FN/c1-12-5-8-16(18)10-15(12)9-13-6-7-14(13)11-19-17(2,3)4/h5,8,10,13-14,19H,6-7,9,11H2,1-4H3. The second kappa shape index (κ2) is 5.62. The maximum Gasteiger partial charge on any atom is 0.123 e. The van der Waals surface area contributed by atoms with Crippen LogP contribution in [0.5, 0.6) is 0 Å². The predicted octanol–water partition coefficient (Wildman–Crippen LogP) is 4.09. The van der Waals surface area contributed by atoms with Crippen molar-refractivity contribution in [1.82, 2.24) is 5.32 Å². The van der Waals surface area contributed by atoms with Crippen LogP contribution in [0.25, 0.3) is 0 Å². The number of aryl methyl sites for hydroxylation is 1. The van der Waals surface area contributed by atoms with E-state index in [4.69, 9.17) is 0 Å². The van der Waals surface area contributed by atoms with Crippen LogP contribution in [0.15, 0.2) is 18.2 Å². The van der Waals surface area contributed by atoms with Crippen LogP contribution in [-0.4, -0.2) is 12.1 Å². The molecule has 1 nitrogen and oxygen atoms in total. The number of halogens is 1. The Morgan fingerprint density at radius 1 is 1.21 bits per heavy atom. The summed E-state index contributed by atoms with van der Waals surface area (Å²) in [6.07, 6.45) is 3.62. The number of benzene rings is 1. The van der Waals surface area contributed by atoms with Crippen LogP contribution in [0.2, 0.25) is 0 Å². The van der Waals surface area contributed by atoms with Crippen molar-refractivity contribution in [2.75, 3.05) is 6.54 Å². The molecule has 106 valence electrons. The minimum Gasteiger partial charge on any atom is -0.312 e. The minimum absolute atomic E-state index is 0.107. The molecule has 0 spiro atoms. The van der Waals surface area contributed by atoms with Crippen molar-refractivity contribution in [3.63, 3.8) is 0 Å². The molecule has 1 aromatic carbocycles. The fourth-order valence-electron chi connectivity index (χ4n) is 2.76. The first-order chi connectivity index (χ1) is 8.85. The van der Waals surface area contributed by atoms with E-state index in [2.05, 4.69) is 33.0 Å². The zero-order valence-electron chi connectivity index (χ0n) is 12.6. The second-order valence-electron chi connectivity index (χ2n) is 7.00.